The maximum absolute atomic E-state index is 14.1. The Morgan fingerprint density at radius 2 is 2.27 bits per heavy atom. The number of ether oxygens (including phenoxy) is 2. The number of carbonyl (C=O) groups is 1. The van der Waals surface area contributed by atoms with E-state index in [2.05, 4.69) is 0 Å². The Hall–Kier alpha value is -2.37. The zero-order valence-corrected chi connectivity index (χ0v) is 12.6. The van der Waals surface area contributed by atoms with Crippen molar-refractivity contribution in [1.29, 1.82) is 0 Å². The van der Waals surface area contributed by atoms with Crippen LogP contribution in [-0.4, -0.2) is 23.8 Å². The molecule has 0 aliphatic carbocycles. The van der Waals surface area contributed by atoms with E-state index in [-0.39, 0.29) is 23.6 Å². The molecule has 2 heterocycles. The van der Waals surface area contributed by atoms with Gasteiger partial charge >= 0.3 is 5.97 Å². The molecule has 22 heavy (non-hydrogen) atoms. The van der Waals surface area contributed by atoms with Gasteiger partial charge in [-0.25, -0.2) is 9.18 Å². The van der Waals surface area contributed by atoms with Crippen LogP contribution in [0.3, 0.4) is 0 Å². The quantitative estimate of drug-likeness (QED) is 0.800. The highest BCUT2D eigenvalue weighted by atomic mass is 19.1. The monoisotopic (exact) mass is 305 g/mol. The summed E-state index contributed by atoms with van der Waals surface area (Å²) in [6.45, 7) is 5.69. The highest BCUT2D eigenvalue weighted by Gasteiger charge is 2.26. The van der Waals surface area contributed by atoms with Crippen molar-refractivity contribution < 1.29 is 18.7 Å². The smallest absolute Gasteiger partial charge is 0.343 e. The molecule has 0 N–H and O–H groups in total. The maximum atomic E-state index is 14.1. The number of rotatable bonds is 2. The van der Waals surface area contributed by atoms with E-state index in [4.69, 9.17) is 9.47 Å². The number of pyridine rings is 1. The van der Waals surface area contributed by atoms with Gasteiger partial charge in [0.05, 0.1) is 23.6 Å². The van der Waals surface area contributed by atoms with E-state index >= 15 is 0 Å². The SMILES string of the molecule is CCOC(=O)c1cn2c3c(c(C)c(F)cc3c1=O)OCC2C. The van der Waals surface area contributed by atoms with Gasteiger partial charge in [0, 0.05) is 11.8 Å². The number of aromatic nitrogens is 1. The minimum atomic E-state index is -0.695. The van der Waals surface area contributed by atoms with Crippen molar-refractivity contribution in [2.45, 2.75) is 26.8 Å². The van der Waals surface area contributed by atoms with Crippen LogP contribution in [0.5, 0.6) is 5.75 Å². The van der Waals surface area contributed by atoms with E-state index in [0.29, 0.717) is 23.4 Å². The number of hydrogen-bond donors (Lipinski definition) is 0. The Bertz CT molecular complexity index is 840. The molecule has 0 spiro atoms. The number of nitrogens with zero attached hydrogens (tertiary/aromatic N) is 1. The Kier molecular flexibility index (Phi) is 3.39. The fourth-order valence-electron chi connectivity index (χ4n) is 2.71. The summed E-state index contributed by atoms with van der Waals surface area (Å²) in [5.41, 5.74) is 0.256. The van der Waals surface area contributed by atoms with Gasteiger partial charge in [-0.15, -0.1) is 0 Å². The lowest BCUT2D eigenvalue weighted by Gasteiger charge is -2.28. The molecule has 6 heteroatoms. The van der Waals surface area contributed by atoms with Gasteiger partial charge in [-0.05, 0) is 26.8 Å². The summed E-state index contributed by atoms with van der Waals surface area (Å²) in [6.07, 6.45) is 1.48. The summed E-state index contributed by atoms with van der Waals surface area (Å²) < 4.78 is 26.4. The van der Waals surface area contributed by atoms with Crippen LogP contribution < -0.4 is 10.2 Å². The van der Waals surface area contributed by atoms with E-state index in [1.54, 1.807) is 18.4 Å². The molecule has 0 saturated carbocycles. The van der Waals surface area contributed by atoms with Crippen molar-refractivity contribution in [3.8, 4) is 5.75 Å². The third kappa shape index (κ3) is 1.98. The Labute approximate surface area is 126 Å². The molecule has 0 bridgehead atoms. The topological polar surface area (TPSA) is 57.5 Å². The summed E-state index contributed by atoms with van der Waals surface area (Å²) in [7, 11) is 0. The highest BCUT2D eigenvalue weighted by Crippen LogP contribution is 2.35. The van der Waals surface area contributed by atoms with Gasteiger partial charge in [0.2, 0.25) is 5.43 Å². The van der Waals surface area contributed by atoms with Gasteiger partial charge in [-0.2, -0.15) is 0 Å². The normalized spacial score (nSPS) is 16.5. The molecule has 0 fully saturated rings. The van der Waals surface area contributed by atoms with Crippen molar-refractivity contribution in [3.05, 3.63) is 39.4 Å². The zero-order valence-electron chi connectivity index (χ0n) is 12.6. The predicted molar refractivity (Wildman–Crippen MR) is 79.1 cm³/mol. The predicted octanol–water partition coefficient (Wildman–Crippen LogP) is 2.58. The highest BCUT2D eigenvalue weighted by molar-refractivity contribution is 5.96. The standard InChI is InChI=1S/C16H16FNO4/c1-4-21-16(20)11-6-18-8(2)7-22-15-9(3)12(17)5-10(13(15)18)14(11)19/h5-6,8H,4,7H2,1-3H3. The van der Waals surface area contributed by atoms with Gasteiger partial charge in [0.15, 0.2) is 0 Å². The molecule has 5 nitrogen and oxygen atoms in total. The van der Waals surface area contributed by atoms with Crippen molar-refractivity contribution in [1.82, 2.24) is 4.57 Å². The first-order valence-corrected chi connectivity index (χ1v) is 7.13. The Balaban J connectivity index is 2.42. The second-order valence-electron chi connectivity index (χ2n) is 5.37. The van der Waals surface area contributed by atoms with Gasteiger partial charge < -0.3 is 14.0 Å². The average molecular weight is 305 g/mol. The number of benzene rings is 1. The molecule has 3 rings (SSSR count). The third-order valence-corrected chi connectivity index (χ3v) is 3.89. The first-order chi connectivity index (χ1) is 10.5. The zero-order chi connectivity index (χ0) is 16.0. The van der Waals surface area contributed by atoms with Gasteiger partial charge in [-0.1, -0.05) is 0 Å². The average Bonchev–Trinajstić information content (AvgIpc) is 2.48. The molecular weight excluding hydrogens is 289 g/mol. The lowest BCUT2D eigenvalue weighted by Crippen LogP contribution is -2.27. The summed E-state index contributed by atoms with van der Waals surface area (Å²) in [6, 6.07) is 1.09. The van der Waals surface area contributed by atoms with Crippen LogP contribution in [0.25, 0.3) is 10.9 Å². The number of hydrogen-bond acceptors (Lipinski definition) is 4. The Morgan fingerprint density at radius 3 is 2.95 bits per heavy atom. The van der Waals surface area contributed by atoms with Crippen molar-refractivity contribution in [2.75, 3.05) is 13.2 Å². The summed E-state index contributed by atoms with van der Waals surface area (Å²) in [5.74, 6) is -0.860. The van der Waals surface area contributed by atoms with E-state index in [1.165, 1.54) is 6.20 Å². The van der Waals surface area contributed by atoms with E-state index in [1.807, 2.05) is 6.92 Å². The second-order valence-corrected chi connectivity index (χ2v) is 5.37. The molecule has 1 aliphatic heterocycles. The van der Waals surface area contributed by atoms with Gasteiger partial charge in [0.1, 0.15) is 23.7 Å². The second kappa shape index (κ2) is 5.12. The molecule has 116 valence electrons. The molecule has 1 aliphatic rings. The first-order valence-electron chi connectivity index (χ1n) is 7.13. The number of esters is 1. The van der Waals surface area contributed by atoms with Crippen LogP contribution in [0.2, 0.25) is 0 Å². The lowest BCUT2D eigenvalue weighted by molar-refractivity contribution is 0.0523. The molecule has 1 atom stereocenters. The molecule has 2 aromatic rings. The lowest BCUT2D eigenvalue weighted by atomic mass is 10.0. The van der Waals surface area contributed by atoms with Crippen molar-refractivity contribution in [3.63, 3.8) is 0 Å². The van der Waals surface area contributed by atoms with Gasteiger partial charge in [-0.3, -0.25) is 4.79 Å². The van der Waals surface area contributed by atoms with E-state index in [9.17, 15) is 14.0 Å². The van der Waals surface area contributed by atoms with E-state index < -0.39 is 17.2 Å². The molecule has 0 amide bonds. The fraction of sp³-hybridized carbons (Fsp3) is 0.375. The molecular formula is C16H16FNO4. The minimum absolute atomic E-state index is 0.0753. The maximum Gasteiger partial charge on any atom is 0.343 e. The van der Waals surface area contributed by atoms with Crippen LogP contribution in [0.1, 0.15) is 35.8 Å². The first kappa shape index (κ1) is 14.6. The van der Waals surface area contributed by atoms with Crippen LogP contribution in [-0.2, 0) is 4.74 Å². The Morgan fingerprint density at radius 1 is 1.55 bits per heavy atom. The molecule has 1 aromatic heterocycles. The summed E-state index contributed by atoms with van der Waals surface area (Å²) in [5, 5.41) is 0.134. The largest absolute Gasteiger partial charge is 0.489 e. The van der Waals surface area contributed by atoms with Gasteiger partial charge in [0.25, 0.3) is 0 Å². The fourth-order valence-corrected chi connectivity index (χ4v) is 2.71. The van der Waals surface area contributed by atoms with E-state index in [0.717, 1.165) is 6.07 Å². The number of carbonyl (C=O) groups excluding carboxylic acids is 1. The third-order valence-electron chi connectivity index (χ3n) is 3.89. The van der Waals surface area contributed by atoms with Crippen LogP contribution in [0.15, 0.2) is 17.1 Å². The minimum Gasteiger partial charge on any atom is -0.489 e. The van der Waals surface area contributed by atoms with Crippen LogP contribution in [0, 0.1) is 12.7 Å². The summed E-state index contributed by atoms with van der Waals surface area (Å²) >= 11 is 0. The molecule has 1 aromatic carbocycles. The van der Waals surface area contributed by atoms with Crippen LogP contribution >= 0.6 is 0 Å². The van der Waals surface area contributed by atoms with Crippen molar-refractivity contribution >= 4 is 16.9 Å². The summed E-state index contributed by atoms with van der Waals surface area (Å²) in [4.78, 5) is 24.5. The van der Waals surface area contributed by atoms with Crippen molar-refractivity contribution in [2.24, 2.45) is 0 Å². The van der Waals surface area contributed by atoms with Crippen LogP contribution in [0.4, 0.5) is 4.39 Å². The molecule has 0 saturated heterocycles. The molecule has 1 unspecified atom stereocenters. The number of halogens is 1. The molecule has 0 radical (unpaired) electrons.